The number of fused-ring (bicyclic) bond motifs is 2. The third kappa shape index (κ3) is 1.92. The van der Waals surface area contributed by atoms with Crippen molar-refractivity contribution >= 4 is 11.8 Å². The van der Waals surface area contributed by atoms with Gasteiger partial charge in [0, 0.05) is 23.5 Å². The van der Waals surface area contributed by atoms with Crippen LogP contribution < -0.4 is 0 Å². The lowest BCUT2D eigenvalue weighted by molar-refractivity contribution is -0.203. The van der Waals surface area contributed by atoms with Crippen LogP contribution in [0.1, 0.15) is 46.5 Å². The zero-order valence-corrected chi connectivity index (χ0v) is 12.9. The fraction of sp³-hybridized carbons (Fsp3) is 0.647. The minimum absolute atomic E-state index is 0.0896. The Labute approximate surface area is 124 Å². The molecule has 1 heterocycles. The van der Waals surface area contributed by atoms with Gasteiger partial charge in [-0.05, 0) is 44.4 Å². The molecule has 0 aromatic carbocycles. The van der Waals surface area contributed by atoms with Gasteiger partial charge in [0.15, 0.2) is 0 Å². The summed E-state index contributed by atoms with van der Waals surface area (Å²) in [7, 11) is 0. The van der Waals surface area contributed by atoms with E-state index < -0.39 is 11.8 Å². The number of ketones is 1. The average Bonchev–Trinajstić information content (AvgIpc) is 2.56. The number of aliphatic hydroxyl groups is 1. The number of allylic oxidation sites excluding steroid dienone is 1. The molecular formula is C17H22O4. The Hall–Kier alpha value is -1.42. The second kappa shape index (κ2) is 4.29. The van der Waals surface area contributed by atoms with Gasteiger partial charge in [-0.2, -0.15) is 0 Å². The van der Waals surface area contributed by atoms with Crippen molar-refractivity contribution in [1.82, 2.24) is 0 Å². The Balaban J connectivity index is 2.00. The van der Waals surface area contributed by atoms with E-state index in [0.717, 1.165) is 18.4 Å². The van der Waals surface area contributed by atoms with Gasteiger partial charge in [-0.25, -0.2) is 4.79 Å². The van der Waals surface area contributed by atoms with Crippen LogP contribution in [-0.2, 0) is 14.3 Å². The maximum atomic E-state index is 11.8. The van der Waals surface area contributed by atoms with Gasteiger partial charge in [-0.15, -0.1) is 0 Å². The minimum Gasteiger partial charge on any atom is -0.426 e. The predicted molar refractivity (Wildman–Crippen MR) is 77.1 cm³/mol. The Bertz CT molecular complexity index is 588. The summed E-state index contributed by atoms with van der Waals surface area (Å²) in [6.45, 7) is 9.60. The van der Waals surface area contributed by atoms with Gasteiger partial charge < -0.3 is 9.84 Å². The second-order valence-electron chi connectivity index (χ2n) is 7.14. The number of carbonyl (C=O) groups is 2. The molecule has 1 aliphatic heterocycles. The summed E-state index contributed by atoms with van der Waals surface area (Å²) in [5.41, 5.74) is 1.97. The number of carbonyl (C=O) groups excluding carboxylic acids is 2. The largest absolute Gasteiger partial charge is 0.426 e. The lowest BCUT2D eigenvalue weighted by Crippen LogP contribution is -2.50. The molecule has 3 rings (SSSR count). The van der Waals surface area contributed by atoms with Gasteiger partial charge >= 0.3 is 5.97 Å². The van der Waals surface area contributed by atoms with Crippen molar-refractivity contribution in [2.24, 2.45) is 17.3 Å². The molecule has 114 valence electrons. The lowest BCUT2D eigenvalue weighted by Gasteiger charge is -2.52. The molecular weight excluding hydrogens is 268 g/mol. The topological polar surface area (TPSA) is 63.6 Å². The molecule has 0 aromatic rings. The molecule has 4 heteroatoms. The number of rotatable bonds is 1. The maximum Gasteiger partial charge on any atom is 0.336 e. The third-order valence-corrected chi connectivity index (χ3v) is 5.77. The van der Waals surface area contributed by atoms with E-state index in [-0.39, 0.29) is 23.0 Å². The van der Waals surface area contributed by atoms with Crippen molar-refractivity contribution in [3.05, 3.63) is 23.3 Å². The molecule has 2 saturated carbocycles. The molecule has 4 nitrogen and oxygen atoms in total. The first-order valence-corrected chi connectivity index (χ1v) is 7.53. The number of ether oxygens (including phenoxy) is 1. The summed E-state index contributed by atoms with van der Waals surface area (Å²) in [5.74, 6) is -1.68. The first-order chi connectivity index (χ1) is 9.68. The Morgan fingerprint density at radius 3 is 2.76 bits per heavy atom. The van der Waals surface area contributed by atoms with E-state index in [1.54, 1.807) is 13.8 Å². The van der Waals surface area contributed by atoms with Crippen LogP contribution >= 0.6 is 0 Å². The van der Waals surface area contributed by atoms with Crippen molar-refractivity contribution in [1.29, 1.82) is 0 Å². The van der Waals surface area contributed by atoms with Crippen molar-refractivity contribution < 1.29 is 19.4 Å². The fourth-order valence-corrected chi connectivity index (χ4v) is 4.49. The molecule has 2 aliphatic carbocycles. The van der Waals surface area contributed by atoms with E-state index in [9.17, 15) is 14.7 Å². The first kappa shape index (κ1) is 14.5. The smallest absolute Gasteiger partial charge is 0.336 e. The highest BCUT2D eigenvalue weighted by atomic mass is 16.7. The van der Waals surface area contributed by atoms with Crippen LogP contribution in [0.4, 0.5) is 0 Å². The van der Waals surface area contributed by atoms with E-state index in [4.69, 9.17) is 4.74 Å². The van der Waals surface area contributed by atoms with Crippen LogP contribution in [0, 0.1) is 17.3 Å². The molecule has 1 N–H and O–H groups in total. The normalized spacial score (nSPS) is 42.5. The van der Waals surface area contributed by atoms with Gasteiger partial charge in [0.05, 0.1) is 0 Å². The van der Waals surface area contributed by atoms with Crippen LogP contribution in [0.2, 0.25) is 0 Å². The minimum atomic E-state index is -1.45. The SMILES string of the molecule is C=C1[C@H](C(C)=O)CC[C@]2(C)C[C@]3(O)OC(=O)C(C)=C3C[C@@H]12. The van der Waals surface area contributed by atoms with E-state index in [1.807, 2.05) is 0 Å². The first-order valence-electron chi connectivity index (χ1n) is 7.53. The molecule has 0 unspecified atom stereocenters. The van der Waals surface area contributed by atoms with Gasteiger partial charge in [-0.3, -0.25) is 4.79 Å². The Morgan fingerprint density at radius 2 is 2.14 bits per heavy atom. The average molecular weight is 290 g/mol. The zero-order valence-electron chi connectivity index (χ0n) is 12.9. The molecule has 0 saturated heterocycles. The third-order valence-electron chi connectivity index (χ3n) is 5.77. The summed E-state index contributed by atoms with van der Waals surface area (Å²) in [5, 5.41) is 10.7. The van der Waals surface area contributed by atoms with Gasteiger partial charge in [0.25, 0.3) is 0 Å². The molecule has 0 bridgehead atoms. The van der Waals surface area contributed by atoms with Gasteiger partial charge in [0.1, 0.15) is 5.78 Å². The Morgan fingerprint density at radius 1 is 1.48 bits per heavy atom. The standard InChI is InChI=1S/C17H22O4/c1-9-12(11(3)18)5-6-16(4)8-17(20)14(7-13(9)16)10(2)15(19)21-17/h12-13,20H,1,5-8H2,2-4H3/t12-,13+,16-,17+/m1/s1. The van der Waals surface area contributed by atoms with E-state index in [2.05, 4.69) is 13.5 Å². The molecule has 21 heavy (non-hydrogen) atoms. The zero-order chi connectivity index (χ0) is 15.6. The molecule has 0 amide bonds. The van der Waals surface area contributed by atoms with Crippen LogP contribution in [-0.4, -0.2) is 22.6 Å². The molecule has 3 aliphatic rings. The second-order valence-corrected chi connectivity index (χ2v) is 7.14. The Kier molecular flexibility index (Phi) is 2.97. The van der Waals surface area contributed by atoms with E-state index in [0.29, 0.717) is 24.0 Å². The van der Waals surface area contributed by atoms with Crippen LogP contribution in [0.3, 0.4) is 0 Å². The summed E-state index contributed by atoms with van der Waals surface area (Å²) in [6, 6.07) is 0. The highest BCUT2D eigenvalue weighted by Crippen LogP contribution is 2.59. The van der Waals surface area contributed by atoms with Crippen molar-refractivity contribution in [2.45, 2.75) is 52.2 Å². The number of esters is 1. The molecule has 2 fully saturated rings. The maximum absolute atomic E-state index is 11.8. The highest BCUT2D eigenvalue weighted by molar-refractivity contribution is 5.92. The molecule has 0 aromatic heterocycles. The van der Waals surface area contributed by atoms with Crippen molar-refractivity contribution in [3.63, 3.8) is 0 Å². The van der Waals surface area contributed by atoms with Crippen molar-refractivity contribution in [3.8, 4) is 0 Å². The summed E-state index contributed by atoms with van der Waals surface area (Å²) in [6.07, 6.45) is 2.57. The van der Waals surface area contributed by atoms with Crippen molar-refractivity contribution in [2.75, 3.05) is 0 Å². The number of hydrogen-bond donors (Lipinski definition) is 1. The van der Waals surface area contributed by atoms with Gasteiger partial charge in [-0.1, -0.05) is 19.1 Å². The monoisotopic (exact) mass is 290 g/mol. The summed E-state index contributed by atoms with van der Waals surface area (Å²) in [4.78, 5) is 23.6. The number of hydrogen-bond acceptors (Lipinski definition) is 4. The highest BCUT2D eigenvalue weighted by Gasteiger charge is 2.58. The number of Topliss-reactive ketones (excluding diaryl/α,β-unsaturated/α-hetero) is 1. The summed E-state index contributed by atoms with van der Waals surface area (Å²) >= 11 is 0. The van der Waals surface area contributed by atoms with Gasteiger partial charge in [0.2, 0.25) is 5.79 Å². The van der Waals surface area contributed by atoms with Crippen LogP contribution in [0.15, 0.2) is 23.3 Å². The molecule has 0 spiro atoms. The molecule has 0 radical (unpaired) electrons. The molecule has 4 atom stereocenters. The lowest BCUT2D eigenvalue weighted by atomic mass is 9.54. The fourth-order valence-electron chi connectivity index (χ4n) is 4.49. The predicted octanol–water partition coefficient (Wildman–Crippen LogP) is 2.52. The summed E-state index contributed by atoms with van der Waals surface area (Å²) < 4.78 is 5.23. The van der Waals surface area contributed by atoms with Crippen LogP contribution in [0.5, 0.6) is 0 Å². The van der Waals surface area contributed by atoms with Crippen LogP contribution in [0.25, 0.3) is 0 Å². The quantitative estimate of drug-likeness (QED) is 0.595. The van der Waals surface area contributed by atoms with E-state index >= 15 is 0 Å². The van der Waals surface area contributed by atoms with E-state index in [1.165, 1.54) is 0 Å².